The van der Waals surface area contributed by atoms with Crippen molar-refractivity contribution in [3.63, 3.8) is 0 Å². The molecule has 1 saturated heterocycles. The quantitative estimate of drug-likeness (QED) is 0.714. The Balaban J connectivity index is 1.55. The zero-order valence-corrected chi connectivity index (χ0v) is 15.2. The lowest BCUT2D eigenvalue weighted by Crippen LogP contribution is -2.52. The second-order valence-corrected chi connectivity index (χ2v) is 6.53. The first-order chi connectivity index (χ1) is 13.2. The molecule has 0 aliphatic carbocycles. The fourth-order valence-electron chi connectivity index (χ4n) is 3.46. The predicted molar refractivity (Wildman–Crippen MR) is 102 cm³/mol. The number of nitrogens with zero attached hydrogens (tertiary/aromatic N) is 4. The van der Waals surface area contributed by atoms with E-state index in [4.69, 9.17) is 9.72 Å². The second kappa shape index (κ2) is 7.40. The van der Waals surface area contributed by atoms with E-state index in [-0.39, 0.29) is 11.8 Å². The molecule has 2 amide bonds. The highest BCUT2D eigenvalue weighted by atomic mass is 19.1. The van der Waals surface area contributed by atoms with Crippen molar-refractivity contribution in [2.45, 2.75) is 0 Å². The van der Waals surface area contributed by atoms with Crippen molar-refractivity contribution in [1.29, 1.82) is 0 Å². The highest BCUT2D eigenvalue weighted by Crippen LogP contribution is 2.26. The summed E-state index contributed by atoms with van der Waals surface area (Å²) in [6.07, 6.45) is 1.96. The van der Waals surface area contributed by atoms with Crippen LogP contribution < -0.4 is 10.2 Å². The highest BCUT2D eigenvalue weighted by molar-refractivity contribution is 5.85. The van der Waals surface area contributed by atoms with Gasteiger partial charge in [0.15, 0.2) is 5.82 Å². The summed E-state index contributed by atoms with van der Waals surface area (Å²) in [5, 5.41) is 2.85. The number of ether oxygens (including phenoxy) is 1. The normalized spacial score (nSPS) is 14.9. The summed E-state index contributed by atoms with van der Waals surface area (Å²) in [5.74, 6) is 0.516. The Morgan fingerprint density at radius 3 is 2.81 bits per heavy atom. The van der Waals surface area contributed by atoms with Gasteiger partial charge in [0.05, 0.1) is 23.2 Å². The number of amides is 2. The Kier molecular flexibility index (Phi) is 4.81. The van der Waals surface area contributed by atoms with Crippen molar-refractivity contribution in [2.24, 2.45) is 0 Å². The Hall–Kier alpha value is -2.87. The summed E-state index contributed by atoms with van der Waals surface area (Å²) >= 11 is 0. The lowest BCUT2D eigenvalue weighted by Gasteiger charge is -2.35. The summed E-state index contributed by atoms with van der Waals surface area (Å²) in [4.78, 5) is 20.8. The summed E-state index contributed by atoms with van der Waals surface area (Å²) in [5.41, 5.74) is 2.47. The van der Waals surface area contributed by atoms with Crippen molar-refractivity contribution in [3.05, 3.63) is 42.3 Å². The van der Waals surface area contributed by atoms with Crippen LogP contribution in [0.1, 0.15) is 0 Å². The number of piperazine rings is 1. The van der Waals surface area contributed by atoms with E-state index >= 15 is 0 Å². The van der Waals surface area contributed by atoms with Crippen LogP contribution in [0.3, 0.4) is 0 Å². The average Bonchev–Trinajstić information content (AvgIpc) is 3.17. The molecule has 1 aliphatic rings. The van der Waals surface area contributed by atoms with Crippen LogP contribution in [0.5, 0.6) is 0 Å². The third-order valence-corrected chi connectivity index (χ3v) is 4.85. The number of rotatable bonds is 4. The topological polar surface area (TPSA) is 62.1 Å². The molecule has 4 rings (SSSR count). The van der Waals surface area contributed by atoms with Crippen LogP contribution in [0.4, 0.5) is 15.0 Å². The number of anilines is 1. The van der Waals surface area contributed by atoms with Crippen molar-refractivity contribution < 1.29 is 13.9 Å². The van der Waals surface area contributed by atoms with Gasteiger partial charge >= 0.3 is 6.03 Å². The fourth-order valence-corrected chi connectivity index (χ4v) is 3.46. The molecule has 0 spiro atoms. The number of nitrogens with one attached hydrogen (secondary N) is 1. The maximum absolute atomic E-state index is 13.7. The lowest BCUT2D eigenvalue weighted by molar-refractivity contribution is 0.177. The van der Waals surface area contributed by atoms with Gasteiger partial charge in [-0.3, -0.25) is 0 Å². The van der Waals surface area contributed by atoms with Crippen molar-refractivity contribution >= 4 is 28.4 Å². The summed E-state index contributed by atoms with van der Waals surface area (Å²) in [7, 11) is 1.61. The minimum absolute atomic E-state index is 0.0759. The SMILES string of the molecule is COCCNC(=O)N1CCN(c2nc3cc(F)ccc3n3cccc23)CC1. The number of hydrogen-bond donors (Lipinski definition) is 1. The van der Waals surface area contributed by atoms with Crippen LogP contribution in [-0.2, 0) is 4.74 Å². The molecule has 1 aromatic carbocycles. The van der Waals surface area contributed by atoms with E-state index in [0.717, 1.165) is 16.9 Å². The molecule has 0 saturated carbocycles. The molecule has 0 unspecified atom stereocenters. The zero-order chi connectivity index (χ0) is 18.8. The number of halogens is 1. The number of methoxy groups -OCH3 is 1. The maximum atomic E-state index is 13.7. The molecule has 1 N–H and O–H groups in total. The molecular formula is C19H22FN5O2. The molecule has 2 aromatic heterocycles. The monoisotopic (exact) mass is 371 g/mol. The van der Waals surface area contributed by atoms with E-state index in [1.54, 1.807) is 18.1 Å². The first kappa shape index (κ1) is 17.5. The van der Waals surface area contributed by atoms with Crippen molar-refractivity contribution in [1.82, 2.24) is 19.6 Å². The molecule has 27 heavy (non-hydrogen) atoms. The first-order valence-corrected chi connectivity index (χ1v) is 9.00. The van der Waals surface area contributed by atoms with E-state index in [1.165, 1.54) is 12.1 Å². The van der Waals surface area contributed by atoms with Gasteiger partial charge in [0.25, 0.3) is 0 Å². The van der Waals surface area contributed by atoms with Gasteiger partial charge in [-0.05, 0) is 24.3 Å². The number of hydrogen-bond acceptors (Lipinski definition) is 4. The fraction of sp³-hybridized carbons (Fsp3) is 0.368. The van der Waals surface area contributed by atoms with Crippen molar-refractivity contribution in [3.8, 4) is 0 Å². The van der Waals surface area contributed by atoms with Gasteiger partial charge < -0.3 is 24.3 Å². The van der Waals surface area contributed by atoms with Gasteiger partial charge in [-0.25, -0.2) is 14.2 Å². The standard InChI is InChI=1S/C19H22FN5O2/c1-27-12-6-21-19(26)24-10-8-23(9-11-24)18-17-3-2-7-25(17)16-5-4-14(20)13-15(16)22-18/h2-5,7,13H,6,8-12H2,1H3,(H,21,26). The molecule has 0 radical (unpaired) electrons. The molecule has 0 atom stereocenters. The largest absolute Gasteiger partial charge is 0.383 e. The summed E-state index contributed by atoms with van der Waals surface area (Å²) in [6, 6.07) is 8.55. The van der Waals surface area contributed by atoms with Crippen LogP contribution in [0.25, 0.3) is 16.6 Å². The number of urea groups is 1. The third kappa shape index (κ3) is 3.40. The maximum Gasteiger partial charge on any atom is 0.317 e. The molecule has 8 heteroatoms. The minimum atomic E-state index is -0.301. The van der Waals surface area contributed by atoms with E-state index in [0.29, 0.717) is 44.8 Å². The molecule has 142 valence electrons. The van der Waals surface area contributed by atoms with E-state index < -0.39 is 0 Å². The van der Waals surface area contributed by atoms with Crippen LogP contribution in [0, 0.1) is 5.82 Å². The number of aromatic nitrogens is 2. The molecule has 1 aliphatic heterocycles. The van der Waals surface area contributed by atoms with Crippen molar-refractivity contribution in [2.75, 3.05) is 51.3 Å². The third-order valence-electron chi connectivity index (χ3n) is 4.85. The Morgan fingerprint density at radius 2 is 2.04 bits per heavy atom. The second-order valence-electron chi connectivity index (χ2n) is 6.53. The molecule has 1 fully saturated rings. The smallest absolute Gasteiger partial charge is 0.317 e. The number of benzene rings is 1. The van der Waals surface area contributed by atoms with Crippen LogP contribution in [-0.4, -0.2) is 66.8 Å². The lowest BCUT2D eigenvalue weighted by atomic mass is 10.2. The van der Waals surface area contributed by atoms with E-state index in [2.05, 4.69) is 10.2 Å². The Labute approximate surface area is 156 Å². The average molecular weight is 371 g/mol. The highest BCUT2D eigenvalue weighted by Gasteiger charge is 2.23. The van der Waals surface area contributed by atoms with Gasteiger partial charge in [-0.2, -0.15) is 0 Å². The van der Waals surface area contributed by atoms with Gasteiger partial charge in [0.2, 0.25) is 0 Å². The predicted octanol–water partition coefficient (Wildman–Crippen LogP) is 2.10. The van der Waals surface area contributed by atoms with Gasteiger partial charge in [0.1, 0.15) is 5.82 Å². The minimum Gasteiger partial charge on any atom is -0.383 e. The first-order valence-electron chi connectivity index (χ1n) is 9.00. The number of carbonyl (C=O) groups is 1. The number of fused-ring (bicyclic) bond motifs is 3. The van der Waals surface area contributed by atoms with Crippen LogP contribution in [0.15, 0.2) is 36.5 Å². The van der Waals surface area contributed by atoms with Crippen LogP contribution in [0.2, 0.25) is 0 Å². The van der Waals surface area contributed by atoms with Gasteiger partial charge in [-0.15, -0.1) is 0 Å². The Bertz CT molecular complexity index is 965. The molecule has 7 nitrogen and oxygen atoms in total. The zero-order valence-electron chi connectivity index (χ0n) is 15.2. The molecule has 3 heterocycles. The Morgan fingerprint density at radius 1 is 1.22 bits per heavy atom. The van der Waals surface area contributed by atoms with Gasteiger partial charge in [-0.1, -0.05) is 0 Å². The summed E-state index contributed by atoms with van der Waals surface area (Å²) < 4.78 is 20.7. The number of carbonyl (C=O) groups excluding carboxylic acids is 1. The molecule has 0 bridgehead atoms. The van der Waals surface area contributed by atoms with Gasteiger partial charge in [0, 0.05) is 52.1 Å². The van der Waals surface area contributed by atoms with Crippen LogP contribution >= 0.6 is 0 Å². The molecular weight excluding hydrogens is 349 g/mol. The van der Waals surface area contributed by atoms with E-state index in [9.17, 15) is 9.18 Å². The molecule has 3 aromatic rings. The summed E-state index contributed by atoms with van der Waals surface area (Å²) in [6.45, 7) is 3.55. The van der Waals surface area contributed by atoms with E-state index in [1.807, 2.05) is 22.7 Å².